The molecule has 1 fully saturated rings. The zero-order chi connectivity index (χ0) is 20.4. The highest BCUT2D eigenvalue weighted by atomic mass is 16.5. The third kappa shape index (κ3) is 4.27. The maximum atomic E-state index is 10.9. The Labute approximate surface area is 170 Å². The number of hydrogen-bond donors (Lipinski definition) is 2. The minimum Gasteiger partial charge on any atom is -0.493 e. The van der Waals surface area contributed by atoms with Crippen LogP contribution in [0.2, 0.25) is 0 Å². The van der Waals surface area contributed by atoms with E-state index in [1.807, 2.05) is 31.3 Å². The predicted molar refractivity (Wildman–Crippen MR) is 116 cm³/mol. The number of methoxy groups -OCH3 is 1. The fourth-order valence-corrected chi connectivity index (χ4v) is 4.55. The molecule has 3 rings (SSSR count). The third-order valence-electron chi connectivity index (χ3n) is 6.52. The van der Waals surface area contributed by atoms with Crippen LogP contribution in [-0.2, 0) is 0 Å². The van der Waals surface area contributed by atoms with Crippen LogP contribution in [0.25, 0.3) is 0 Å². The van der Waals surface area contributed by atoms with E-state index in [1.165, 1.54) is 19.3 Å². The molecule has 154 valence electrons. The molecule has 0 saturated heterocycles. The maximum Gasteiger partial charge on any atom is 0.163 e. The molecule has 1 aromatic heterocycles. The average molecular weight is 385 g/mol. The first-order chi connectivity index (χ1) is 13.2. The van der Waals surface area contributed by atoms with Crippen molar-refractivity contribution >= 4 is 5.69 Å². The molecule has 1 heterocycles. The SMILES string of the molecule is COc1c(NC2(CC3C=CC(O)(C(C)(C)C)C=C3)CCCCC2)ccnc1C. The lowest BCUT2D eigenvalue weighted by molar-refractivity contribution is 0.0283. The minimum absolute atomic E-state index is 0.0376. The Balaban J connectivity index is 1.81. The molecule has 0 spiro atoms. The van der Waals surface area contributed by atoms with E-state index in [4.69, 9.17) is 4.74 Å². The Bertz CT molecular complexity index is 725. The monoisotopic (exact) mass is 384 g/mol. The summed E-state index contributed by atoms with van der Waals surface area (Å²) < 4.78 is 5.63. The number of aliphatic hydroxyl groups is 1. The van der Waals surface area contributed by atoms with Gasteiger partial charge >= 0.3 is 0 Å². The summed E-state index contributed by atoms with van der Waals surface area (Å²) in [6, 6.07) is 2.02. The zero-order valence-corrected chi connectivity index (χ0v) is 18.1. The molecule has 2 aliphatic rings. The lowest BCUT2D eigenvalue weighted by atomic mass is 9.70. The molecule has 4 nitrogen and oxygen atoms in total. The highest BCUT2D eigenvalue weighted by Gasteiger charge is 2.39. The molecule has 0 unspecified atom stereocenters. The first-order valence-electron chi connectivity index (χ1n) is 10.6. The van der Waals surface area contributed by atoms with Crippen molar-refractivity contribution in [3.8, 4) is 5.75 Å². The number of aryl methyl sites for hydroxylation is 1. The van der Waals surface area contributed by atoms with Crippen LogP contribution in [-0.4, -0.2) is 28.3 Å². The average Bonchev–Trinajstić information content (AvgIpc) is 2.64. The van der Waals surface area contributed by atoms with Crippen LogP contribution >= 0.6 is 0 Å². The van der Waals surface area contributed by atoms with Gasteiger partial charge < -0.3 is 15.2 Å². The highest BCUT2D eigenvalue weighted by Crippen LogP contribution is 2.42. The van der Waals surface area contributed by atoms with E-state index in [2.05, 4.69) is 43.2 Å². The summed E-state index contributed by atoms with van der Waals surface area (Å²) >= 11 is 0. The van der Waals surface area contributed by atoms with Gasteiger partial charge in [-0.05, 0) is 43.6 Å². The molecular formula is C24H36N2O2. The summed E-state index contributed by atoms with van der Waals surface area (Å²) in [5.74, 6) is 1.16. The normalized spacial score (nSPS) is 26.9. The Morgan fingerprint density at radius 1 is 1.18 bits per heavy atom. The molecule has 0 aliphatic heterocycles. The molecule has 0 aromatic carbocycles. The van der Waals surface area contributed by atoms with Gasteiger partial charge in [0.15, 0.2) is 5.75 Å². The highest BCUT2D eigenvalue weighted by molar-refractivity contribution is 5.59. The molecule has 0 atom stereocenters. The van der Waals surface area contributed by atoms with Crippen molar-refractivity contribution in [2.24, 2.45) is 11.3 Å². The quantitative estimate of drug-likeness (QED) is 0.665. The molecule has 4 heteroatoms. The van der Waals surface area contributed by atoms with Gasteiger partial charge in [0, 0.05) is 11.7 Å². The van der Waals surface area contributed by atoms with Gasteiger partial charge in [0.05, 0.1) is 18.5 Å². The Morgan fingerprint density at radius 3 is 2.39 bits per heavy atom. The van der Waals surface area contributed by atoms with Crippen LogP contribution in [0.1, 0.15) is 65.0 Å². The van der Waals surface area contributed by atoms with E-state index in [0.717, 1.165) is 36.4 Å². The van der Waals surface area contributed by atoms with E-state index in [0.29, 0.717) is 5.92 Å². The van der Waals surface area contributed by atoms with Gasteiger partial charge in [-0.3, -0.25) is 4.98 Å². The van der Waals surface area contributed by atoms with E-state index < -0.39 is 5.60 Å². The second-order valence-corrected chi connectivity index (χ2v) is 9.60. The molecule has 0 radical (unpaired) electrons. The number of pyridine rings is 1. The second-order valence-electron chi connectivity index (χ2n) is 9.60. The van der Waals surface area contributed by atoms with Crippen molar-refractivity contribution in [3.63, 3.8) is 0 Å². The second kappa shape index (κ2) is 7.90. The van der Waals surface area contributed by atoms with Crippen molar-refractivity contribution in [1.82, 2.24) is 4.98 Å². The van der Waals surface area contributed by atoms with Crippen LogP contribution in [0.3, 0.4) is 0 Å². The summed E-state index contributed by atoms with van der Waals surface area (Å²) in [7, 11) is 1.71. The molecule has 1 saturated carbocycles. The first kappa shape index (κ1) is 20.9. The third-order valence-corrected chi connectivity index (χ3v) is 6.52. The Hall–Kier alpha value is -1.81. The van der Waals surface area contributed by atoms with E-state index >= 15 is 0 Å². The molecule has 28 heavy (non-hydrogen) atoms. The van der Waals surface area contributed by atoms with Gasteiger partial charge in [-0.25, -0.2) is 0 Å². The maximum absolute atomic E-state index is 10.9. The number of ether oxygens (including phenoxy) is 1. The lowest BCUT2D eigenvalue weighted by Gasteiger charge is -2.43. The van der Waals surface area contributed by atoms with Crippen LogP contribution in [0.15, 0.2) is 36.6 Å². The zero-order valence-electron chi connectivity index (χ0n) is 18.1. The molecular weight excluding hydrogens is 348 g/mol. The van der Waals surface area contributed by atoms with Crippen LogP contribution in [0.4, 0.5) is 5.69 Å². The molecule has 2 aliphatic carbocycles. The largest absolute Gasteiger partial charge is 0.493 e. The van der Waals surface area contributed by atoms with Crippen molar-refractivity contribution in [2.75, 3.05) is 12.4 Å². The summed E-state index contributed by atoms with van der Waals surface area (Å²) in [6.45, 7) is 8.20. The van der Waals surface area contributed by atoms with Gasteiger partial charge in [-0.15, -0.1) is 0 Å². The van der Waals surface area contributed by atoms with Crippen molar-refractivity contribution < 1.29 is 9.84 Å². The van der Waals surface area contributed by atoms with E-state index in [9.17, 15) is 5.11 Å². The fourth-order valence-electron chi connectivity index (χ4n) is 4.55. The Kier molecular flexibility index (Phi) is 5.90. The van der Waals surface area contributed by atoms with Gasteiger partial charge in [0.1, 0.15) is 5.60 Å². The number of rotatable bonds is 5. The van der Waals surface area contributed by atoms with Gasteiger partial charge in [-0.1, -0.05) is 64.3 Å². The predicted octanol–water partition coefficient (Wildman–Crippen LogP) is 5.42. The number of hydrogen-bond acceptors (Lipinski definition) is 4. The smallest absolute Gasteiger partial charge is 0.163 e. The van der Waals surface area contributed by atoms with Gasteiger partial charge in [-0.2, -0.15) is 0 Å². The summed E-state index contributed by atoms with van der Waals surface area (Å²) in [5.41, 5.74) is 0.893. The summed E-state index contributed by atoms with van der Waals surface area (Å²) in [4.78, 5) is 4.37. The van der Waals surface area contributed by atoms with Gasteiger partial charge in [0.25, 0.3) is 0 Å². The Morgan fingerprint density at radius 2 is 1.82 bits per heavy atom. The minimum atomic E-state index is -0.873. The number of anilines is 1. The first-order valence-corrected chi connectivity index (χ1v) is 10.6. The molecule has 1 aromatic rings. The number of allylic oxidation sites excluding steroid dienone is 2. The van der Waals surface area contributed by atoms with Crippen LogP contribution in [0, 0.1) is 18.3 Å². The number of nitrogens with one attached hydrogen (secondary N) is 1. The molecule has 0 bridgehead atoms. The number of aromatic nitrogens is 1. The number of nitrogens with zero attached hydrogens (tertiary/aromatic N) is 1. The molecule has 2 N–H and O–H groups in total. The topological polar surface area (TPSA) is 54.4 Å². The standard InChI is InChI=1S/C24H36N2O2/c1-18-21(28-5)20(11-16-25-18)26-23(12-7-6-8-13-23)17-19-9-14-24(27,15-10-19)22(2,3)4/h9-11,14-16,19,27H,6-8,12-13,17H2,1-5H3,(H,25,26). The van der Waals surface area contributed by atoms with E-state index in [1.54, 1.807) is 7.11 Å². The molecule has 0 amide bonds. The lowest BCUT2D eigenvalue weighted by Crippen LogP contribution is -2.43. The van der Waals surface area contributed by atoms with Crippen molar-refractivity contribution in [3.05, 3.63) is 42.3 Å². The van der Waals surface area contributed by atoms with Crippen LogP contribution < -0.4 is 10.1 Å². The van der Waals surface area contributed by atoms with Crippen molar-refractivity contribution in [1.29, 1.82) is 0 Å². The fraction of sp³-hybridized carbons (Fsp3) is 0.625. The van der Waals surface area contributed by atoms with E-state index in [-0.39, 0.29) is 11.0 Å². The summed E-state index contributed by atoms with van der Waals surface area (Å²) in [5, 5.41) is 14.8. The van der Waals surface area contributed by atoms with Crippen molar-refractivity contribution in [2.45, 2.75) is 77.4 Å². The van der Waals surface area contributed by atoms with Crippen LogP contribution in [0.5, 0.6) is 5.75 Å². The van der Waals surface area contributed by atoms with Gasteiger partial charge in [0.2, 0.25) is 0 Å². The summed E-state index contributed by atoms with van der Waals surface area (Å²) in [6.07, 6.45) is 17.3.